The molecule has 0 saturated heterocycles. The molecule has 2 aromatic rings. The number of thiocarbonyl (C=S) groups is 1. The first kappa shape index (κ1) is 18.1. The van der Waals surface area contributed by atoms with E-state index in [9.17, 15) is 20.4 Å². The van der Waals surface area contributed by atoms with Crippen LogP contribution in [0.15, 0.2) is 34.8 Å². The van der Waals surface area contributed by atoms with Crippen LogP contribution < -0.4 is 5.32 Å². The quantitative estimate of drug-likeness (QED) is 0.300. The molecule has 0 heterocycles. The molecule has 5 nitrogen and oxygen atoms in total. The SMILES string of the molecule is Cc1c(O)cc(CNC(=S)/C=C/c2cc(O)c(O)cc2Br)cc1O. The molecule has 0 atom stereocenters. The van der Waals surface area contributed by atoms with Crippen LogP contribution in [0.4, 0.5) is 0 Å². The summed E-state index contributed by atoms with van der Waals surface area (Å²) in [6.45, 7) is 1.97. The molecule has 0 amide bonds. The van der Waals surface area contributed by atoms with Gasteiger partial charge in [0.05, 0.1) is 4.99 Å². The first-order valence-electron chi connectivity index (χ1n) is 6.96. The minimum absolute atomic E-state index is 0.0248. The highest BCUT2D eigenvalue weighted by atomic mass is 79.9. The van der Waals surface area contributed by atoms with E-state index >= 15 is 0 Å². The van der Waals surface area contributed by atoms with Gasteiger partial charge in [0.1, 0.15) is 11.5 Å². The normalized spacial score (nSPS) is 10.9. The van der Waals surface area contributed by atoms with E-state index in [1.54, 1.807) is 31.2 Å². The van der Waals surface area contributed by atoms with Gasteiger partial charge in [-0.2, -0.15) is 0 Å². The van der Waals surface area contributed by atoms with Gasteiger partial charge in [-0.15, -0.1) is 0 Å². The summed E-state index contributed by atoms with van der Waals surface area (Å²) in [5.41, 5.74) is 1.77. The molecule has 0 fully saturated rings. The second-order valence-corrected chi connectivity index (χ2v) is 6.47. The number of benzene rings is 2. The van der Waals surface area contributed by atoms with Crippen molar-refractivity contribution in [3.63, 3.8) is 0 Å². The Labute approximate surface area is 153 Å². The molecule has 0 aliphatic rings. The summed E-state index contributed by atoms with van der Waals surface area (Å²) in [5, 5.41) is 41.3. The summed E-state index contributed by atoms with van der Waals surface area (Å²) in [5.74, 6) is -0.380. The number of nitrogens with one attached hydrogen (secondary N) is 1. The molecule has 0 unspecified atom stereocenters. The van der Waals surface area contributed by atoms with Crippen LogP contribution in [0.25, 0.3) is 6.08 Å². The fraction of sp³-hybridized carbons (Fsp3) is 0.118. The van der Waals surface area contributed by atoms with E-state index < -0.39 is 0 Å². The average Bonchev–Trinajstić information content (AvgIpc) is 2.52. The van der Waals surface area contributed by atoms with Crippen molar-refractivity contribution < 1.29 is 20.4 Å². The second kappa shape index (κ2) is 7.55. The van der Waals surface area contributed by atoms with Crippen molar-refractivity contribution in [3.05, 3.63) is 51.5 Å². The molecule has 0 spiro atoms. The predicted octanol–water partition coefficient (Wildman–Crippen LogP) is 3.71. The maximum absolute atomic E-state index is 9.69. The molecule has 24 heavy (non-hydrogen) atoms. The van der Waals surface area contributed by atoms with Gasteiger partial charge in [-0.05, 0) is 48.4 Å². The molecule has 0 aromatic heterocycles. The molecule has 5 N–H and O–H groups in total. The number of aromatic hydroxyl groups is 4. The molecular weight excluding hydrogens is 394 g/mol. The Morgan fingerprint density at radius 1 is 1.04 bits per heavy atom. The van der Waals surface area contributed by atoms with Gasteiger partial charge in [-0.3, -0.25) is 0 Å². The summed E-state index contributed by atoms with van der Waals surface area (Å²) < 4.78 is 0.616. The van der Waals surface area contributed by atoms with Gasteiger partial charge in [-0.1, -0.05) is 34.2 Å². The molecule has 0 radical (unpaired) electrons. The number of phenolic OH excluding ortho intramolecular Hbond substituents is 4. The van der Waals surface area contributed by atoms with Gasteiger partial charge in [0.15, 0.2) is 11.5 Å². The van der Waals surface area contributed by atoms with Crippen molar-refractivity contribution in [2.45, 2.75) is 13.5 Å². The minimum atomic E-state index is -0.220. The smallest absolute Gasteiger partial charge is 0.158 e. The number of halogens is 1. The Hall–Kier alpha value is -2.25. The van der Waals surface area contributed by atoms with Crippen molar-refractivity contribution >= 4 is 39.2 Å². The fourth-order valence-electron chi connectivity index (χ4n) is 1.95. The summed E-state index contributed by atoms with van der Waals surface area (Å²) in [6.07, 6.45) is 3.32. The molecule has 126 valence electrons. The summed E-state index contributed by atoms with van der Waals surface area (Å²) in [6, 6.07) is 5.92. The Morgan fingerprint density at radius 3 is 2.25 bits per heavy atom. The van der Waals surface area contributed by atoms with E-state index in [-0.39, 0.29) is 23.0 Å². The van der Waals surface area contributed by atoms with Gasteiger partial charge < -0.3 is 25.7 Å². The number of phenols is 4. The first-order chi connectivity index (χ1) is 11.3. The molecule has 0 bridgehead atoms. The predicted molar refractivity (Wildman–Crippen MR) is 100 cm³/mol. The lowest BCUT2D eigenvalue weighted by molar-refractivity contribution is 0.403. The topological polar surface area (TPSA) is 93.0 Å². The van der Waals surface area contributed by atoms with Gasteiger partial charge in [0.25, 0.3) is 0 Å². The molecular formula is C17H16BrNO4S. The largest absolute Gasteiger partial charge is 0.508 e. The van der Waals surface area contributed by atoms with Crippen molar-refractivity contribution in [2.24, 2.45) is 0 Å². The van der Waals surface area contributed by atoms with Crippen molar-refractivity contribution in [2.75, 3.05) is 0 Å². The molecule has 7 heteroatoms. The third-order valence-electron chi connectivity index (χ3n) is 3.39. The lowest BCUT2D eigenvalue weighted by Crippen LogP contribution is -2.18. The lowest BCUT2D eigenvalue weighted by atomic mass is 10.1. The van der Waals surface area contributed by atoms with Crippen LogP contribution in [-0.4, -0.2) is 25.4 Å². The third-order valence-corrected chi connectivity index (χ3v) is 4.35. The number of hydrogen-bond donors (Lipinski definition) is 5. The fourth-order valence-corrected chi connectivity index (χ4v) is 2.56. The van der Waals surface area contributed by atoms with E-state index in [1.165, 1.54) is 12.1 Å². The highest BCUT2D eigenvalue weighted by Gasteiger charge is 2.06. The van der Waals surface area contributed by atoms with Crippen molar-refractivity contribution in [1.29, 1.82) is 0 Å². The van der Waals surface area contributed by atoms with E-state index in [2.05, 4.69) is 21.2 Å². The van der Waals surface area contributed by atoms with Crippen LogP contribution in [-0.2, 0) is 6.54 Å². The zero-order valence-corrected chi connectivity index (χ0v) is 15.1. The van der Waals surface area contributed by atoms with Crippen molar-refractivity contribution in [1.82, 2.24) is 5.32 Å². The standard InChI is InChI=1S/C17H16BrNO4S/c1-9-13(20)4-10(5-14(9)21)8-19-17(24)3-2-11-6-15(22)16(23)7-12(11)18/h2-7,20-23H,8H2,1H3,(H,19,24)/b3-2+. The van der Waals surface area contributed by atoms with Crippen LogP contribution in [0.1, 0.15) is 16.7 Å². The van der Waals surface area contributed by atoms with E-state index in [4.69, 9.17) is 12.2 Å². The van der Waals surface area contributed by atoms with Crippen LogP contribution in [0.3, 0.4) is 0 Å². The third kappa shape index (κ3) is 4.39. The lowest BCUT2D eigenvalue weighted by Gasteiger charge is -2.08. The molecule has 2 aromatic carbocycles. The number of rotatable bonds is 4. The van der Waals surface area contributed by atoms with E-state index in [0.717, 1.165) is 0 Å². The van der Waals surface area contributed by atoms with Crippen molar-refractivity contribution in [3.8, 4) is 23.0 Å². The van der Waals surface area contributed by atoms with Crippen LogP contribution in [0.2, 0.25) is 0 Å². The maximum Gasteiger partial charge on any atom is 0.158 e. The Kier molecular flexibility index (Phi) is 5.69. The minimum Gasteiger partial charge on any atom is -0.508 e. The molecule has 0 aliphatic carbocycles. The zero-order chi connectivity index (χ0) is 17.9. The van der Waals surface area contributed by atoms with Gasteiger partial charge >= 0.3 is 0 Å². The molecule has 0 aliphatic heterocycles. The monoisotopic (exact) mass is 409 g/mol. The highest BCUT2D eigenvalue weighted by Crippen LogP contribution is 2.32. The summed E-state index contributed by atoms with van der Waals surface area (Å²) >= 11 is 8.48. The molecule has 0 saturated carbocycles. The van der Waals surface area contributed by atoms with Crippen LogP contribution in [0.5, 0.6) is 23.0 Å². The Balaban J connectivity index is 2.02. The average molecular weight is 410 g/mol. The summed E-state index contributed by atoms with van der Waals surface area (Å²) in [7, 11) is 0. The highest BCUT2D eigenvalue weighted by molar-refractivity contribution is 9.10. The van der Waals surface area contributed by atoms with Crippen LogP contribution >= 0.6 is 28.1 Å². The molecule has 2 rings (SSSR count). The van der Waals surface area contributed by atoms with Gasteiger partial charge in [0.2, 0.25) is 0 Å². The van der Waals surface area contributed by atoms with Gasteiger partial charge in [0, 0.05) is 16.6 Å². The number of hydrogen-bond acceptors (Lipinski definition) is 5. The summed E-state index contributed by atoms with van der Waals surface area (Å²) in [4.78, 5) is 0.439. The van der Waals surface area contributed by atoms with Crippen LogP contribution in [0, 0.1) is 6.92 Å². The van der Waals surface area contributed by atoms with Gasteiger partial charge in [-0.25, -0.2) is 0 Å². The maximum atomic E-state index is 9.69. The van der Waals surface area contributed by atoms with E-state index in [1.807, 2.05) is 0 Å². The second-order valence-electron chi connectivity index (χ2n) is 5.17. The zero-order valence-electron chi connectivity index (χ0n) is 12.7. The Bertz CT molecular complexity index is 797. The first-order valence-corrected chi connectivity index (χ1v) is 8.17. The van der Waals surface area contributed by atoms with E-state index in [0.29, 0.717) is 32.7 Å². The Morgan fingerprint density at radius 2 is 1.62 bits per heavy atom.